The third-order valence-electron chi connectivity index (χ3n) is 3.11. The van der Waals surface area contributed by atoms with Gasteiger partial charge in [0.15, 0.2) is 0 Å². The summed E-state index contributed by atoms with van der Waals surface area (Å²) in [5.74, 6) is -0.0346. The van der Waals surface area contributed by atoms with Crippen molar-refractivity contribution in [3.05, 3.63) is 0 Å². The Morgan fingerprint density at radius 3 is 2.35 bits per heavy atom. The third-order valence-corrected chi connectivity index (χ3v) is 3.11. The van der Waals surface area contributed by atoms with Crippen molar-refractivity contribution in [2.24, 2.45) is 22.9 Å². The fourth-order valence-corrected chi connectivity index (χ4v) is 2.23. The summed E-state index contributed by atoms with van der Waals surface area (Å²) in [6.45, 7) is 1.77. The molecule has 0 bridgehead atoms. The molecule has 6 heteroatoms. The number of hydrogen-bond acceptors (Lipinski definition) is 5. The molecule has 0 radical (unpaired) electrons. The molecule has 1 aliphatic heterocycles. The maximum absolute atomic E-state index is 12.0. The van der Waals surface area contributed by atoms with Crippen molar-refractivity contribution in [2.75, 3.05) is 19.6 Å². The van der Waals surface area contributed by atoms with E-state index in [1.54, 1.807) is 4.90 Å². The topological polar surface area (TPSA) is 124 Å². The lowest BCUT2D eigenvalue weighted by Crippen LogP contribution is -2.57. The first-order chi connectivity index (χ1) is 8.04. The summed E-state index contributed by atoms with van der Waals surface area (Å²) in [6, 6.07) is -0.503. The zero-order valence-electron chi connectivity index (χ0n) is 10.3. The van der Waals surface area contributed by atoms with Crippen LogP contribution in [0.15, 0.2) is 0 Å². The zero-order chi connectivity index (χ0) is 12.8. The Hall–Kier alpha value is -0.690. The largest absolute Gasteiger partial charge is 0.338 e. The van der Waals surface area contributed by atoms with Gasteiger partial charge in [0.2, 0.25) is 5.91 Å². The first-order valence-electron chi connectivity index (χ1n) is 6.30. The minimum Gasteiger partial charge on any atom is -0.338 e. The molecule has 0 aliphatic carbocycles. The fourth-order valence-electron chi connectivity index (χ4n) is 2.23. The number of carbonyl (C=O) groups excluding carboxylic acids is 1. The number of unbranched alkanes of at least 4 members (excludes halogenated alkanes) is 1. The van der Waals surface area contributed by atoms with Gasteiger partial charge in [-0.2, -0.15) is 0 Å². The van der Waals surface area contributed by atoms with Gasteiger partial charge in [-0.05, 0) is 25.8 Å². The highest BCUT2D eigenvalue weighted by Crippen LogP contribution is 2.10. The van der Waals surface area contributed by atoms with Crippen LogP contribution in [-0.4, -0.2) is 48.6 Å². The number of amides is 1. The second-order valence-electron chi connectivity index (χ2n) is 4.89. The number of nitrogens with two attached hydrogens (primary N) is 4. The van der Waals surface area contributed by atoms with Gasteiger partial charge in [0.05, 0.1) is 6.04 Å². The number of hydrogen-bond donors (Lipinski definition) is 4. The minimum absolute atomic E-state index is 0.0288. The predicted molar refractivity (Wildman–Crippen MR) is 68.0 cm³/mol. The molecule has 3 atom stereocenters. The zero-order valence-corrected chi connectivity index (χ0v) is 10.3. The third kappa shape index (κ3) is 4.59. The van der Waals surface area contributed by atoms with E-state index in [2.05, 4.69) is 0 Å². The molecule has 0 aromatic rings. The van der Waals surface area contributed by atoms with Crippen LogP contribution >= 0.6 is 0 Å². The van der Waals surface area contributed by atoms with E-state index in [1.807, 2.05) is 0 Å². The molecular weight excluding hydrogens is 218 g/mol. The van der Waals surface area contributed by atoms with E-state index in [4.69, 9.17) is 22.9 Å². The fraction of sp³-hybridized carbons (Fsp3) is 0.909. The van der Waals surface area contributed by atoms with Gasteiger partial charge in [-0.25, -0.2) is 0 Å². The Balaban J connectivity index is 2.39. The van der Waals surface area contributed by atoms with E-state index >= 15 is 0 Å². The van der Waals surface area contributed by atoms with Crippen LogP contribution in [0.2, 0.25) is 0 Å². The summed E-state index contributed by atoms with van der Waals surface area (Å²) in [7, 11) is 0. The molecule has 1 heterocycles. The van der Waals surface area contributed by atoms with Crippen LogP contribution in [0.5, 0.6) is 0 Å². The highest BCUT2D eigenvalue weighted by Gasteiger charge is 2.28. The minimum atomic E-state index is -0.445. The predicted octanol–water partition coefficient (Wildman–Crippen LogP) is -1.67. The molecule has 1 saturated heterocycles. The van der Waals surface area contributed by atoms with Gasteiger partial charge < -0.3 is 27.8 Å². The summed E-state index contributed by atoms with van der Waals surface area (Å²) in [5, 5.41) is 0. The van der Waals surface area contributed by atoms with Gasteiger partial charge in [0.25, 0.3) is 0 Å². The van der Waals surface area contributed by atoms with Crippen LogP contribution in [0.4, 0.5) is 0 Å². The molecule has 1 amide bonds. The Kier molecular flexibility index (Phi) is 5.84. The van der Waals surface area contributed by atoms with Crippen molar-refractivity contribution in [2.45, 2.75) is 43.8 Å². The number of piperidine rings is 1. The molecular formula is C11H25N5O. The molecule has 8 N–H and O–H groups in total. The molecule has 1 rings (SSSR count). The van der Waals surface area contributed by atoms with Gasteiger partial charge in [0, 0.05) is 25.2 Å². The number of rotatable bonds is 5. The van der Waals surface area contributed by atoms with Crippen LogP contribution in [0.1, 0.15) is 25.7 Å². The summed E-state index contributed by atoms with van der Waals surface area (Å²) < 4.78 is 0. The summed E-state index contributed by atoms with van der Waals surface area (Å²) >= 11 is 0. The van der Waals surface area contributed by atoms with E-state index in [0.717, 1.165) is 19.3 Å². The first kappa shape index (κ1) is 14.4. The first-order valence-corrected chi connectivity index (χ1v) is 6.30. The molecule has 1 aliphatic rings. The van der Waals surface area contributed by atoms with Crippen LogP contribution in [0, 0.1) is 0 Å². The van der Waals surface area contributed by atoms with Crippen LogP contribution in [0.25, 0.3) is 0 Å². The van der Waals surface area contributed by atoms with Gasteiger partial charge in [-0.15, -0.1) is 0 Å². The summed E-state index contributed by atoms with van der Waals surface area (Å²) in [5.41, 5.74) is 23.0. The maximum Gasteiger partial charge on any atom is 0.239 e. The highest BCUT2D eigenvalue weighted by atomic mass is 16.2. The quantitative estimate of drug-likeness (QED) is 0.430. The van der Waals surface area contributed by atoms with Gasteiger partial charge in [-0.1, -0.05) is 6.42 Å². The summed E-state index contributed by atoms with van der Waals surface area (Å²) in [6.07, 6.45) is 3.23. The van der Waals surface area contributed by atoms with E-state index in [0.29, 0.717) is 26.1 Å². The van der Waals surface area contributed by atoms with Crippen molar-refractivity contribution in [3.8, 4) is 0 Å². The number of nitrogens with zero attached hydrogens (tertiary/aromatic N) is 1. The standard InChI is InChI=1S/C11H25N5O/c12-4-2-1-3-10(15)11(17)16-6-8(13)5-9(14)7-16/h8-10H,1-7,12-15H2/t8-,9+,10-/m0/s1. The molecule has 0 saturated carbocycles. The van der Waals surface area contributed by atoms with E-state index in [-0.39, 0.29) is 18.0 Å². The molecule has 1 fully saturated rings. The molecule has 0 aromatic carbocycles. The molecule has 0 aromatic heterocycles. The Morgan fingerprint density at radius 1 is 1.24 bits per heavy atom. The van der Waals surface area contributed by atoms with Crippen molar-refractivity contribution in [3.63, 3.8) is 0 Å². The maximum atomic E-state index is 12.0. The van der Waals surface area contributed by atoms with Crippen LogP contribution in [-0.2, 0) is 4.79 Å². The smallest absolute Gasteiger partial charge is 0.239 e. The Labute approximate surface area is 103 Å². The number of likely N-dealkylation sites (tertiary alicyclic amines) is 1. The molecule has 6 nitrogen and oxygen atoms in total. The van der Waals surface area contributed by atoms with E-state index in [1.165, 1.54) is 0 Å². The normalized spacial score (nSPS) is 26.9. The lowest BCUT2D eigenvalue weighted by molar-refractivity contribution is -0.134. The van der Waals surface area contributed by atoms with Gasteiger partial charge in [-0.3, -0.25) is 4.79 Å². The van der Waals surface area contributed by atoms with Crippen LogP contribution < -0.4 is 22.9 Å². The lowest BCUT2D eigenvalue weighted by Gasteiger charge is -2.36. The van der Waals surface area contributed by atoms with Crippen molar-refractivity contribution in [1.29, 1.82) is 0 Å². The molecule has 100 valence electrons. The summed E-state index contributed by atoms with van der Waals surface area (Å²) in [4.78, 5) is 13.7. The Bertz CT molecular complexity index is 238. The second-order valence-corrected chi connectivity index (χ2v) is 4.89. The number of carbonyl (C=O) groups is 1. The Morgan fingerprint density at radius 2 is 1.82 bits per heavy atom. The van der Waals surface area contributed by atoms with Gasteiger partial charge >= 0.3 is 0 Å². The molecule has 0 unspecified atom stereocenters. The highest BCUT2D eigenvalue weighted by molar-refractivity contribution is 5.81. The average Bonchev–Trinajstić information content (AvgIpc) is 2.27. The van der Waals surface area contributed by atoms with Crippen molar-refractivity contribution >= 4 is 5.91 Å². The van der Waals surface area contributed by atoms with Crippen molar-refractivity contribution < 1.29 is 4.79 Å². The van der Waals surface area contributed by atoms with Crippen LogP contribution in [0.3, 0.4) is 0 Å². The van der Waals surface area contributed by atoms with Crippen molar-refractivity contribution in [1.82, 2.24) is 4.90 Å². The SMILES string of the molecule is NCCCC[C@H](N)C(=O)N1C[C@H](N)C[C@H](N)C1. The monoisotopic (exact) mass is 243 g/mol. The molecule has 17 heavy (non-hydrogen) atoms. The van der Waals surface area contributed by atoms with E-state index < -0.39 is 6.04 Å². The average molecular weight is 243 g/mol. The van der Waals surface area contributed by atoms with Gasteiger partial charge in [0.1, 0.15) is 0 Å². The molecule has 0 spiro atoms. The lowest BCUT2D eigenvalue weighted by atomic mass is 10.0. The van der Waals surface area contributed by atoms with E-state index in [9.17, 15) is 4.79 Å². The second kappa shape index (κ2) is 6.90.